The van der Waals surface area contributed by atoms with E-state index in [4.69, 9.17) is 21.1 Å². The Morgan fingerprint density at radius 1 is 1.13 bits per heavy atom. The summed E-state index contributed by atoms with van der Waals surface area (Å²) in [6, 6.07) is 10.4. The first-order valence-corrected chi connectivity index (χ1v) is 13.0. The van der Waals surface area contributed by atoms with Crippen LogP contribution in [0.3, 0.4) is 0 Å². The van der Waals surface area contributed by atoms with Gasteiger partial charge in [0.25, 0.3) is 0 Å². The van der Waals surface area contributed by atoms with E-state index in [1.807, 2.05) is 0 Å². The number of benzene rings is 2. The normalized spacial score (nSPS) is 14.5. The van der Waals surface area contributed by atoms with Gasteiger partial charge in [0, 0.05) is 50.9 Å². The quantitative estimate of drug-likeness (QED) is 0.128. The topological polar surface area (TPSA) is 64.1 Å². The Kier molecular flexibility index (Phi) is 11.1. The van der Waals surface area contributed by atoms with Crippen LogP contribution >= 0.6 is 23.5 Å². The molecule has 0 spiro atoms. The summed E-state index contributed by atoms with van der Waals surface area (Å²) in [4.78, 5) is 16.3. The molecule has 1 atom stereocenters. The highest BCUT2D eigenvalue weighted by atomic mass is 35.5. The molecule has 1 fully saturated rings. The molecule has 12 heteroatoms. The van der Waals surface area contributed by atoms with Crippen molar-refractivity contribution in [1.82, 2.24) is 4.98 Å². The molecule has 0 aliphatic carbocycles. The van der Waals surface area contributed by atoms with Crippen LogP contribution in [0.15, 0.2) is 47.4 Å². The first-order valence-electron chi connectivity index (χ1n) is 11.8. The SMILES string of the molecule is COC.COc1ccc(CN(Sc2c(F)cc(N3CCC(C=O)C3)c(Cl)c2F)c2cccc(F)n2)c(OC)c1. The Morgan fingerprint density at radius 2 is 1.87 bits per heavy atom. The van der Waals surface area contributed by atoms with Gasteiger partial charge in [-0.15, -0.1) is 0 Å². The molecule has 2 aromatic carbocycles. The molecule has 210 valence electrons. The molecule has 39 heavy (non-hydrogen) atoms. The second-order valence-corrected chi connectivity index (χ2v) is 9.91. The number of aromatic nitrogens is 1. The van der Waals surface area contributed by atoms with Crippen LogP contribution < -0.4 is 18.7 Å². The highest BCUT2D eigenvalue weighted by molar-refractivity contribution is 8.00. The number of carbonyl (C=O) groups is 1. The van der Waals surface area contributed by atoms with E-state index < -0.39 is 17.6 Å². The maximum absolute atomic E-state index is 15.4. The van der Waals surface area contributed by atoms with E-state index in [1.165, 1.54) is 36.7 Å². The number of halogens is 4. The number of methoxy groups -OCH3 is 3. The zero-order valence-corrected chi connectivity index (χ0v) is 23.5. The van der Waals surface area contributed by atoms with Crippen LogP contribution in [-0.4, -0.2) is 52.8 Å². The lowest BCUT2D eigenvalue weighted by Crippen LogP contribution is -2.21. The van der Waals surface area contributed by atoms with Crippen LogP contribution in [0, 0.1) is 23.5 Å². The fourth-order valence-electron chi connectivity index (χ4n) is 3.94. The predicted octanol–water partition coefficient (Wildman–Crippen LogP) is 6.17. The van der Waals surface area contributed by atoms with Crippen LogP contribution in [0.5, 0.6) is 11.5 Å². The fraction of sp³-hybridized carbons (Fsp3) is 0.333. The molecule has 1 aliphatic rings. The first-order chi connectivity index (χ1) is 18.8. The maximum Gasteiger partial charge on any atom is 0.214 e. The minimum atomic E-state index is -0.950. The second kappa shape index (κ2) is 14.3. The van der Waals surface area contributed by atoms with E-state index in [2.05, 4.69) is 9.72 Å². The van der Waals surface area contributed by atoms with Gasteiger partial charge in [0.05, 0.1) is 26.5 Å². The minimum absolute atomic E-state index is 0.0691. The highest BCUT2D eigenvalue weighted by Gasteiger charge is 2.28. The Labute approximate surface area is 234 Å². The molecule has 7 nitrogen and oxygen atoms in total. The molecule has 3 aromatic rings. The monoisotopic (exact) mass is 583 g/mol. The van der Waals surface area contributed by atoms with Crippen LogP contribution in [0.2, 0.25) is 5.02 Å². The standard InChI is InChI=1S/C25H23ClF3N3O3S.C2H6O/c1-34-17-7-6-16(20(10-17)35-2)13-32(22-5-3-4-21(28)30-22)36-25-18(27)11-19(23(26)24(25)29)31-9-8-15(12-31)14-33;1-3-2/h3-7,10-11,14-15H,8-9,12-13H2,1-2H3;1-2H3. The number of ether oxygens (including phenoxy) is 3. The molecule has 1 saturated heterocycles. The summed E-state index contributed by atoms with van der Waals surface area (Å²) in [5.74, 6) is -1.56. The number of hydrogen-bond donors (Lipinski definition) is 0. The molecule has 0 saturated carbocycles. The Balaban J connectivity index is 0.00000134. The van der Waals surface area contributed by atoms with Gasteiger partial charge in [-0.1, -0.05) is 17.7 Å². The maximum atomic E-state index is 15.4. The van der Waals surface area contributed by atoms with E-state index >= 15 is 8.78 Å². The second-order valence-electron chi connectivity index (χ2n) is 8.50. The van der Waals surface area contributed by atoms with Gasteiger partial charge in [0.2, 0.25) is 5.95 Å². The van der Waals surface area contributed by atoms with E-state index in [0.717, 1.165) is 12.4 Å². The molecule has 4 rings (SSSR count). The number of aldehydes is 1. The summed E-state index contributed by atoms with van der Waals surface area (Å²) >= 11 is 7.03. The van der Waals surface area contributed by atoms with E-state index in [0.29, 0.717) is 48.5 Å². The summed E-state index contributed by atoms with van der Waals surface area (Å²) in [7, 11) is 6.26. The van der Waals surface area contributed by atoms with Gasteiger partial charge >= 0.3 is 0 Å². The fourth-order valence-corrected chi connectivity index (χ4v) is 5.21. The highest BCUT2D eigenvalue weighted by Crippen LogP contribution is 2.41. The average Bonchev–Trinajstić information content (AvgIpc) is 3.42. The zero-order valence-electron chi connectivity index (χ0n) is 21.9. The van der Waals surface area contributed by atoms with Crippen molar-refractivity contribution in [1.29, 1.82) is 0 Å². The van der Waals surface area contributed by atoms with Crippen LogP contribution in [0.4, 0.5) is 24.7 Å². The molecule has 0 N–H and O–H groups in total. The largest absolute Gasteiger partial charge is 0.497 e. The van der Waals surface area contributed by atoms with Crippen molar-refractivity contribution in [2.75, 3.05) is 50.7 Å². The van der Waals surface area contributed by atoms with Gasteiger partial charge in [-0.25, -0.2) is 13.8 Å². The number of rotatable bonds is 9. The van der Waals surface area contributed by atoms with Gasteiger partial charge < -0.3 is 23.9 Å². The van der Waals surface area contributed by atoms with Crippen molar-refractivity contribution in [3.63, 3.8) is 0 Å². The summed E-state index contributed by atoms with van der Waals surface area (Å²) < 4.78 is 61.1. The summed E-state index contributed by atoms with van der Waals surface area (Å²) in [5, 5.41) is -0.250. The number of hydrogen-bond acceptors (Lipinski definition) is 8. The van der Waals surface area contributed by atoms with Crippen molar-refractivity contribution in [2.45, 2.75) is 17.9 Å². The van der Waals surface area contributed by atoms with Crippen molar-refractivity contribution < 1.29 is 32.2 Å². The molecule has 1 aromatic heterocycles. The average molecular weight is 584 g/mol. The molecular weight excluding hydrogens is 555 g/mol. The Bertz CT molecular complexity index is 1290. The van der Waals surface area contributed by atoms with Crippen LogP contribution in [0.25, 0.3) is 0 Å². The van der Waals surface area contributed by atoms with Crippen molar-refractivity contribution >= 4 is 41.3 Å². The van der Waals surface area contributed by atoms with Gasteiger partial charge in [-0.2, -0.15) is 4.39 Å². The molecule has 1 unspecified atom stereocenters. The lowest BCUT2D eigenvalue weighted by molar-refractivity contribution is -0.110. The van der Waals surface area contributed by atoms with Gasteiger partial charge in [-0.3, -0.25) is 4.31 Å². The van der Waals surface area contributed by atoms with E-state index in [9.17, 15) is 9.18 Å². The van der Waals surface area contributed by atoms with E-state index in [1.54, 1.807) is 37.3 Å². The third-order valence-corrected chi connectivity index (χ3v) is 7.27. The molecule has 0 radical (unpaired) electrons. The van der Waals surface area contributed by atoms with Crippen LogP contribution in [-0.2, 0) is 16.1 Å². The molecule has 2 heterocycles. The van der Waals surface area contributed by atoms with Crippen LogP contribution in [0.1, 0.15) is 12.0 Å². The summed E-state index contributed by atoms with van der Waals surface area (Å²) in [6.45, 7) is 0.871. The van der Waals surface area contributed by atoms with Gasteiger partial charge in [0.15, 0.2) is 5.82 Å². The van der Waals surface area contributed by atoms with Gasteiger partial charge in [-0.05, 0) is 42.6 Å². The molecular formula is C27H29ClF3N3O4S. The number of pyridine rings is 1. The number of nitrogens with zero attached hydrogens (tertiary/aromatic N) is 3. The van der Waals surface area contributed by atoms with Crippen molar-refractivity contribution in [2.24, 2.45) is 5.92 Å². The third-order valence-electron chi connectivity index (χ3n) is 5.82. The Hall–Kier alpha value is -3.15. The lowest BCUT2D eigenvalue weighted by atomic mass is 10.1. The first kappa shape index (κ1) is 30.4. The zero-order chi connectivity index (χ0) is 28.5. The predicted molar refractivity (Wildman–Crippen MR) is 146 cm³/mol. The summed E-state index contributed by atoms with van der Waals surface area (Å²) in [5.41, 5.74) is 0.838. The number of carbonyl (C=O) groups excluding carboxylic acids is 1. The Morgan fingerprint density at radius 3 is 2.49 bits per heavy atom. The smallest absolute Gasteiger partial charge is 0.214 e. The van der Waals surface area contributed by atoms with Gasteiger partial charge in [0.1, 0.15) is 39.3 Å². The number of anilines is 2. The summed E-state index contributed by atoms with van der Waals surface area (Å²) in [6.07, 6.45) is 1.42. The van der Waals surface area contributed by atoms with Crippen molar-refractivity contribution in [3.05, 3.63) is 70.6 Å². The lowest BCUT2D eigenvalue weighted by Gasteiger charge is -2.25. The molecule has 1 aliphatic heterocycles. The minimum Gasteiger partial charge on any atom is -0.497 e. The molecule has 0 amide bonds. The van der Waals surface area contributed by atoms with E-state index in [-0.39, 0.29) is 33.9 Å². The molecule has 0 bridgehead atoms. The third kappa shape index (κ3) is 7.49. The van der Waals surface area contributed by atoms with Crippen molar-refractivity contribution in [3.8, 4) is 11.5 Å².